The van der Waals surface area contributed by atoms with Crippen LogP contribution in [0, 0.1) is 5.92 Å². The molecule has 98 valence electrons. The van der Waals surface area contributed by atoms with Crippen LogP contribution in [0.15, 0.2) is 24.3 Å². The monoisotopic (exact) mass is 269 g/mol. The molecule has 2 rings (SSSR count). The molecular formula is C13H16ClNO3. The van der Waals surface area contributed by atoms with Crippen LogP contribution >= 0.6 is 11.6 Å². The summed E-state index contributed by atoms with van der Waals surface area (Å²) in [4.78, 5) is 11.9. The van der Waals surface area contributed by atoms with Crippen molar-refractivity contribution in [1.82, 2.24) is 5.32 Å². The molecule has 18 heavy (non-hydrogen) atoms. The van der Waals surface area contributed by atoms with Gasteiger partial charge in [0.05, 0.1) is 19.1 Å². The second-order valence-corrected chi connectivity index (χ2v) is 4.71. The number of ether oxygens (including phenoxy) is 2. The molecule has 0 saturated carbocycles. The third-order valence-electron chi connectivity index (χ3n) is 3.05. The lowest BCUT2D eigenvalue weighted by Gasteiger charge is -2.15. The number of esters is 1. The quantitative estimate of drug-likeness (QED) is 0.844. The maximum atomic E-state index is 11.9. The molecule has 2 unspecified atom stereocenters. The molecule has 4 nitrogen and oxygen atoms in total. The van der Waals surface area contributed by atoms with Crippen LogP contribution in [-0.2, 0) is 20.9 Å². The SMILES string of the molecule is CNC1COCC1C(=O)OCc1ccc(Cl)cc1. The van der Waals surface area contributed by atoms with Crippen molar-refractivity contribution in [2.75, 3.05) is 20.3 Å². The highest BCUT2D eigenvalue weighted by Crippen LogP contribution is 2.16. The van der Waals surface area contributed by atoms with Crippen molar-refractivity contribution < 1.29 is 14.3 Å². The molecule has 0 amide bonds. The summed E-state index contributed by atoms with van der Waals surface area (Å²) in [5, 5.41) is 3.73. The third kappa shape index (κ3) is 3.22. The van der Waals surface area contributed by atoms with Crippen LogP contribution in [0.2, 0.25) is 5.02 Å². The third-order valence-corrected chi connectivity index (χ3v) is 3.30. The summed E-state index contributed by atoms with van der Waals surface area (Å²) in [5.41, 5.74) is 0.924. The van der Waals surface area contributed by atoms with Crippen molar-refractivity contribution in [3.63, 3.8) is 0 Å². The average molecular weight is 270 g/mol. The Morgan fingerprint density at radius 2 is 2.17 bits per heavy atom. The summed E-state index contributed by atoms with van der Waals surface area (Å²) in [6.07, 6.45) is 0. The maximum absolute atomic E-state index is 11.9. The van der Waals surface area contributed by atoms with Gasteiger partial charge >= 0.3 is 5.97 Å². The summed E-state index contributed by atoms with van der Waals surface area (Å²) in [6.45, 7) is 1.24. The Kier molecular flexibility index (Phi) is 4.58. The van der Waals surface area contributed by atoms with E-state index in [0.29, 0.717) is 18.2 Å². The Hall–Kier alpha value is -1.10. The Morgan fingerprint density at radius 3 is 2.83 bits per heavy atom. The van der Waals surface area contributed by atoms with E-state index in [1.54, 1.807) is 12.1 Å². The number of benzene rings is 1. The van der Waals surface area contributed by atoms with Gasteiger partial charge in [-0.05, 0) is 24.7 Å². The Labute approximate surface area is 111 Å². The summed E-state index contributed by atoms with van der Waals surface area (Å²) in [6, 6.07) is 7.29. The Balaban J connectivity index is 1.86. The number of likely N-dealkylation sites (N-methyl/N-ethyl adjacent to an activating group) is 1. The largest absolute Gasteiger partial charge is 0.460 e. The zero-order valence-corrected chi connectivity index (χ0v) is 10.9. The van der Waals surface area contributed by atoms with E-state index in [0.717, 1.165) is 5.56 Å². The van der Waals surface area contributed by atoms with Crippen LogP contribution in [0.4, 0.5) is 0 Å². The topological polar surface area (TPSA) is 47.6 Å². The predicted molar refractivity (Wildman–Crippen MR) is 68.4 cm³/mol. The molecule has 1 heterocycles. The van der Waals surface area contributed by atoms with Crippen LogP contribution in [0.5, 0.6) is 0 Å². The molecule has 1 saturated heterocycles. The fourth-order valence-corrected chi connectivity index (χ4v) is 2.04. The van der Waals surface area contributed by atoms with E-state index in [-0.39, 0.29) is 24.5 Å². The van der Waals surface area contributed by atoms with Crippen LogP contribution in [0.1, 0.15) is 5.56 Å². The predicted octanol–water partition coefficient (Wildman–Crippen LogP) is 1.62. The highest BCUT2D eigenvalue weighted by Gasteiger charge is 2.34. The van der Waals surface area contributed by atoms with Crippen molar-refractivity contribution in [3.05, 3.63) is 34.9 Å². The fourth-order valence-electron chi connectivity index (χ4n) is 1.91. The molecule has 0 bridgehead atoms. The second kappa shape index (κ2) is 6.18. The highest BCUT2D eigenvalue weighted by molar-refractivity contribution is 6.30. The summed E-state index contributed by atoms with van der Waals surface area (Å²) >= 11 is 5.78. The fraction of sp³-hybridized carbons (Fsp3) is 0.462. The molecule has 0 aromatic heterocycles. The van der Waals surface area contributed by atoms with E-state index in [4.69, 9.17) is 21.1 Å². The first kappa shape index (κ1) is 13.3. The van der Waals surface area contributed by atoms with Gasteiger partial charge in [-0.2, -0.15) is 0 Å². The first-order valence-corrected chi connectivity index (χ1v) is 6.24. The number of nitrogens with one attached hydrogen (secondary N) is 1. The van der Waals surface area contributed by atoms with E-state index in [1.165, 1.54) is 0 Å². The Bertz CT molecular complexity index is 407. The average Bonchev–Trinajstić information content (AvgIpc) is 2.86. The molecule has 1 fully saturated rings. The highest BCUT2D eigenvalue weighted by atomic mass is 35.5. The first-order chi connectivity index (χ1) is 8.70. The molecule has 2 atom stereocenters. The molecule has 1 aromatic rings. The van der Waals surface area contributed by atoms with Crippen molar-refractivity contribution in [2.24, 2.45) is 5.92 Å². The molecule has 0 aliphatic carbocycles. The summed E-state index contributed by atoms with van der Waals surface area (Å²) in [7, 11) is 1.82. The van der Waals surface area contributed by atoms with Gasteiger partial charge in [0.1, 0.15) is 6.61 Å². The number of rotatable bonds is 4. The molecular weight excluding hydrogens is 254 g/mol. The zero-order chi connectivity index (χ0) is 13.0. The van der Waals surface area contributed by atoms with E-state index in [9.17, 15) is 4.79 Å². The van der Waals surface area contributed by atoms with Gasteiger partial charge in [0.25, 0.3) is 0 Å². The van der Waals surface area contributed by atoms with Crippen molar-refractivity contribution in [2.45, 2.75) is 12.6 Å². The van der Waals surface area contributed by atoms with Crippen LogP contribution < -0.4 is 5.32 Å². The van der Waals surface area contributed by atoms with Gasteiger partial charge < -0.3 is 14.8 Å². The standard InChI is InChI=1S/C13H16ClNO3/c1-15-12-8-17-7-11(12)13(16)18-6-9-2-4-10(14)5-3-9/h2-5,11-12,15H,6-8H2,1H3. The van der Waals surface area contributed by atoms with Gasteiger partial charge in [0.2, 0.25) is 0 Å². The summed E-state index contributed by atoms with van der Waals surface area (Å²) < 4.78 is 10.6. The molecule has 1 aliphatic heterocycles. The first-order valence-electron chi connectivity index (χ1n) is 5.87. The smallest absolute Gasteiger partial charge is 0.313 e. The lowest BCUT2D eigenvalue weighted by molar-refractivity contribution is -0.150. The molecule has 5 heteroatoms. The molecule has 0 spiro atoms. The van der Waals surface area contributed by atoms with Crippen LogP contribution in [0.3, 0.4) is 0 Å². The van der Waals surface area contributed by atoms with Gasteiger partial charge in [0.15, 0.2) is 0 Å². The molecule has 1 N–H and O–H groups in total. The van der Waals surface area contributed by atoms with E-state index in [2.05, 4.69) is 5.32 Å². The zero-order valence-electron chi connectivity index (χ0n) is 10.2. The number of carbonyl (C=O) groups is 1. The molecule has 1 aromatic carbocycles. The van der Waals surface area contributed by atoms with Gasteiger partial charge in [-0.15, -0.1) is 0 Å². The second-order valence-electron chi connectivity index (χ2n) is 4.27. The van der Waals surface area contributed by atoms with E-state index >= 15 is 0 Å². The van der Waals surface area contributed by atoms with Gasteiger partial charge in [0, 0.05) is 11.1 Å². The van der Waals surface area contributed by atoms with Gasteiger partial charge in [-0.3, -0.25) is 4.79 Å². The molecule has 1 aliphatic rings. The number of carbonyl (C=O) groups excluding carboxylic acids is 1. The minimum Gasteiger partial charge on any atom is -0.460 e. The molecule has 0 radical (unpaired) electrons. The summed E-state index contributed by atoms with van der Waals surface area (Å²) in [5.74, 6) is -0.441. The van der Waals surface area contributed by atoms with E-state index < -0.39 is 0 Å². The van der Waals surface area contributed by atoms with Gasteiger partial charge in [-0.1, -0.05) is 23.7 Å². The van der Waals surface area contributed by atoms with Crippen LogP contribution in [0.25, 0.3) is 0 Å². The Morgan fingerprint density at radius 1 is 1.44 bits per heavy atom. The van der Waals surface area contributed by atoms with E-state index in [1.807, 2.05) is 19.2 Å². The maximum Gasteiger partial charge on any atom is 0.313 e. The minimum absolute atomic E-state index is 0.0442. The van der Waals surface area contributed by atoms with Crippen LogP contribution in [-0.4, -0.2) is 32.3 Å². The lowest BCUT2D eigenvalue weighted by Crippen LogP contribution is -2.37. The number of hydrogen-bond acceptors (Lipinski definition) is 4. The van der Waals surface area contributed by atoms with Crippen molar-refractivity contribution >= 4 is 17.6 Å². The normalized spacial score (nSPS) is 23.0. The minimum atomic E-state index is -0.221. The van der Waals surface area contributed by atoms with Gasteiger partial charge in [-0.25, -0.2) is 0 Å². The van der Waals surface area contributed by atoms with Crippen molar-refractivity contribution in [3.8, 4) is 0 Å². The van der Waals surface area contributed by atoms with Crippen molar-refractivity contribution in [1.29, 1.82) is 0 Å². The lowest BCUT2D eigenvalue weighted by atomic mass is 10.0. The number of hydrogen-bond donors (Lipinski definition) is 1. The number of halogens is 1.